The molecule has 0 saturated carbocycles. The number of amides is 1. The van der Waals surface area contributed by atoms with Gasteiger partial charge in [0.2, 0.25) is 0 Å². The van der Waals surface area contributed by atoms with Gasteiger partial charge in [0.15, 0.2) is 5.96 Å². The summed E-state index contributed by atoms with van der Waals surface area (Å²) in [4.78, 5) is 27.5. The normalized spacial score (nSPS) is 11.2. The minimum absolute atomic E-state index is 0.0688. The molecule has 32 heavy (non-hydrogen) atoms. The topological polar surface area (TPSA) is 149 Å². The van der Waals surface area contributed by atoms with Gasteiger partial charge in [0.1, 0.15) is 18.4 Å². The molecule has 0 aliphatic carbocycles. The van der Waals surface area contributed by atoms with Gasteiger partial charge in [0, 0.05) is 13.0 Å². The maximum Gasteiger partial charge on any atom is 0.408 e. The fourth-order valence-corrected chi connectivity index (χ4v) is 2.85. The average Bonchev–Trinajstić information content (AvgIpc) is 2.78. The maximum absolute atomic E-state index is 12.0. The van der Waals surface area contributed by atoms with Gasteiger partial charge in [-0.05, 0) is 42.5 Å². The number of alkyl carbamates (subject to hydrolysis) is 1. The van der Waals surface area contributed by atoms with E-state index in [4.69, 9.17) is 20.9 Å². The second kappa shape index (κ2) is 13.5. The first-order chi connectivity index (χ1) is 15.4. The first kappa shape index (κ1) is 24.5. The summed E-state index contributed by atoms with van der Waals surface area (Å²) in [5.41, 5.74) is 12.1. The first-order valence-electron chi connectivity index (χ1n) is 10.4. The fraction of sp³-hybridized carbons (Fsp3) is 0.348. The van der Waals surface area contributed by atoms with Gasteiger partial charge in [-0.1, -0.05) is 42.5 Å². The van der Waals surface area contributed by atoms with Gasteiger partial charge in [-0.3, -0.25) is 4.99 Å². The molecular formula is C23H30N4O5. The Hall–Kier alpha value is -3.75. The SMILES string of the molecule is NC(N)=NCCCCCOc1ccc(C[C@H](NC(=O)OCc2ccccc2)C(=O)O)cc1. The molecule has 172 valence electrons. The number of aliphatic carboxylic acids is 1. The summed E-state index contributed by atoms with van der Waals surface area (Å²) in [5, 5.41) is 11.8. The molecule has 0 fully saturated rings. The van der Waals surface area contributed by atoms with Crippen molar-refractivity contribution < 1.29 is 24.2 Å². The summed E-state index contributed by atoms with van der Waals surface area (Å²) < 4.78 is 10.8. The molecule has 1 atom stereocenters. The third-order valence-corrected chi connectivity index (χ3v) is 4.53. The van der Waals surface area contributed by atoms with E-state index >= 15 is 0 Å². The molecule has 2 aromatic rings. The predicted octanol–water partition coefficient (Wildman–Crippen LogP) is 2.43. The van der Waals surface area contributed by atoms with Crippen LogP contribution in [0.2, 0.25) is 0 Å². The number of rotatable bonds is 13. The number of ether oxygens (including phenoxy) is 2. The van der Waals surface area contributed by atoms with Crippen LogP contribution in [0.4, 0.5) is 4.79 Å². The highest BCUT2D eigenvalue weighted by molar-refractivity contribution is 5.80. The lowest BCUT2D eigenvalue weighted by atomic mass is 10.1. The second-order valence-corrected chi connectivity index (χ2v) is 7.16. The van der Waals surface area contributed by atoms with Crippen LogP contribution in [-0.2, 0) is 22.6 Å². The molecular weight excluding hydrogens is 412 g/mol. The van der Waals surface area contributed by atoms with Gasteiger partial charge < -0.3 is 31.4 Å². The van der Waals surface area contributed by atoms with Crippen LogP contribution in [0.15, 0.2) is 59.6 Å². The van der Waals surface area contributed by atoms with Crippen LogP contribution >= 0.6 is 0 Å². The maximum atomic E-state index is 12.0. The molecule has 9 nitrogen and oxygen atoms in total. The van der Waals surface area contributed by atoms with E-state index in [-0.39, 0.29) is 19.0 Å². The van der Waals surface area contributed by atoms with Crippen LogP contribution < -0.4 is 21.5 Å². The lowest BCUT2D eigenvalue weighted by Crippen LogP contribution is -2.42. The third-order valence-electron chi connectivity index (χ3n) is 4.53. The molecule has 9 heteroatoms. The summed E-state index contributed by atoms with van der Waals surface area (Å²) >= 11 is 0. The van der Waals surface area contributed by atoms with Crippen molar-refractivity contribution in [2.24, 2.45) is 16.5 Å². The Kier molecular flexibility index (Phi) is 10.4. The van der Waals surface area contributed by atoms with Crippen LogP contribution in [0.3, 0.4) is 0 Å². The summed E-state index contributed by atoms with van der Waals surface area (Å²) in [5.74, 6) is -0.339. The van der Waals surface area contributed by atoms with Crippen LogP contribution in [0.5, 0.6) is 5.75 Å². The molecule has 0 aromatic heterocycles. The predicted molar refractivity (Wildman–Crippen MR) is 121 cm³/mol. The highest BCUT2D eigenvalue weighted by Crippen LogP contribution is 2.14. The number of guanidine groups is 1. The van der Waals surface area contributed by atoms with Crippen molar-refractivity contribution >= 4 is 18.0 Å². The van der Waals surface area contributed by atoms with Gasteiger partial charge in [-0.2, -0.15) is 0 Å². The Balaban J connectivity index is 1.73. The third kappa shape index (κ3) is 9.84. The van der Waals surface area contributed by atoms with Crippen molar-refractivity contribution in [3.05, 3.63) is 65.7 Å². The number of carbonyl (C=O) groups is 2. The second-order valence-electron chi connectivity index (χ2n) is 7.16. The Morgan fingerprint density at radius 1 is 0.969 bits per heavy atom. The van der Waals surface area contributed by atoms with Gasteiger partial charge >= 0.3 is 12.1 Å². The van der Waals surface area contributed by atoms with Crippen molar-refractivity contribution in [2.75, 3.05) is 13.2 Å². The van der Waals surface area contributed by atoms with Crippen LogP contribution in [0.1, 0.15) is 30.4 Å². The molecule has 0 unspecified atom stereocenters. The fourth-order valence-electron chi connectivity index (χ4n) is 2.85. The smallest absolute Gasteiger partial charge is 0.408 e. The zero-order chi connectivity index (χ0) is 23.2. The molecule has 0 spiro atoms. The lowest BCUT2D eigenvalue weighted by Gasteiger charge is -2.15. The number of hydrogen-bond donors (Lipinski definition) is 4. The lowest BCUT2D eigenvalue weighted by molar-refractivity contribution is -0.139. The van der Waals surface area contributed by atoms with Gasteiger partial charge in [0.25, 0.3) is 0 Å². The largest absolute Gasteiger partial charge is 0.494 e. The molecule has 0 aliphatic rings. The number of unbranched alkanes of at least 4 members (excludes halogenated alkanes) is 2. The molecule has 0 aliphatic heterocycles. The molecule has 6 N–H and O–H groups in total. The molecule has 1 amide bonds. The number of nitrogens with zero attached hydrogens (tertiary/aromatic N) is 1. The monoisotopic (exact) mass is 442 g/mol. The standard InChI is InChI=1S/C23H30N4O5/c24-22(25)26-13-5-2-6-14-31-19-11-9-17(10-12-19)15-20(21(28)29)27-23(30)32-16-18-7-3-1-4-8-18/h1,3-4,7-12,20H,2,5-6,13-16H2,(H,27,30)(H,28,29)(H4,24,25,26)/t20-/m0/s1. The van der Waals surface area contributed by atoms with E-state index in [9.17, 15) is 14.7 Å². The van der Waals surface area contributed by atoms with Crippen molar-refractivity contribution in [1.82, 2.24) is 5.32 Å². The average molecular weight is 443 g/mol. The minimum Gasteiger partial charge on any atom is -0.494 e. The number of aliphatic imine (C=N–C) groups is 1. The molecule has 0 radical (unpaired) electrons. The zero-order valence-electron chi connectivity index (χ0n) is 17.9. The number of carboxylic acid groups (broad SMARTS) is 1. The number of hydrogen-bond acceptors (Lipinski definition) is 5. The minimum atomic E-state index is -1.14. The molecule has 0 bridgehead atoms. The highest BCUT2D eigenvalue weighted by atomic mass is 16.5. The summed E-state index contributed by atoms with van der Waals surface area (Å²) in [6.07, 6.45) is 2.05. The van der Waals surface area contributed by atoms with E-state index in [1.165, 1.54) is 0 Å². The summed E-state index contributed by atoms with van der Waals surface area (Å²) in [6.45, 7) is 1.24. The highest BCUT2D eigenvalue weighted by Gasteiger charge is 2.21. The molecule has 2 rings (SSSR count). The van der Waals surface area contributed by atoms with Crippen molar-refractivity contribution in [1.29, 1.82) is 0 Å². The Labute approximate surface area is 187 Å². The number of nitrogens with two attached hydrogens (primary N) is 2. The summed E-state index contributed by atoms with van der Waals surface area (Å²) in [7, 11) is 0. The van der Waals surface area contributed by atoms with Gasteiger partial charge in [0.05, 0.1) is 6.61 Å². The van der Waals surface area contributed by atoms with Gasteiger partial charge in [-0.15, -0.1) is 0 Å². The zero-order valence-corrected chi connectivity index (χ0v) is 17.9. The van der Waals surface area contributed by atoms with E-state index in [1.54, 1.807) is 24.3 Å². The van der Waals surface area contributed by atoms with E-state index < -0.39 is 18.1 Å². The van der Waals surface area contributed by atoms with Gasteiger partial charge in [-0.25, -0.2) is 9.59 Å². The Bertz CT molecular complexity index is 868. The molecule has 2 aromatic carbocycles. The molecule has 0 saturated heterocycles. The van der Waals surface area contributed by atoms with Crippen LogP contribution in [0.25, 0.3) is 0 Å². The molecule has 0 heterocycles. The number of carbonyl (C=O) groups excluding carboxylic acids is 1. The number of benzene rings is 2. The summed E-state index contributed by atoms with van der Waals surface area (Å²) in [6, 6.07) is 15.2. The van der Waals surface area contributed by atoms with E-state index in [1.807, 2.05) is 30.3 Å². The van der Waals surface area contributed by atoms with Crippen molar-refractivity contribution in [3.63, 3.8) is 0 Å². The number of nitrogens with one attached hydrogen (secondary N) is 1. The van der Waals surface area contributed by atoms with Crippen LogP contribution in [-0.4, -0.2) is 42.3 Å². The van der Waals surface area contributed by atoms with Crippen molar-refractivity contribution in [3.8, 4) is 5.75 Å². The van der Waals surface area contributed by atoms with Crippen molar-refractivity contribution in [2.45, 2.75) is 38.3 Å². The Morgan fingerprint density at radius 2 is 1.69 bits per heavy atom. The van der Waals surface area contributed by atoms with E-state index in [0.29, 0.717) is 18.9 Å². The number of carboxylic acids is 1. The Morgan fingerprint density at radius 3 is 2.34 bits per heavy atom. The quantitative estimate of drug-likeness (QED) is 0.211. The van der Waals surface area contributed by atoms with E-state index in [2.05, 4.69) is 10.3 Å². The van der Waals surface area contributed by atoms with Crippen LogP contribution in [0, 0.1) is 0 Å². The van der Waals surface area contributed by atoms with E-state index in [0.717, 1.165) is 30.4 Å². The first-order valence-corrected chi connectivity index (χ1v) is 10.4.